The van der Waals surface area contributed by atoms with E-state index in [-0.39, 0.29) is 0 Å². The molecule has 0 radical (unpaired) electrons. The van der Waals surface area contributed by atoms with Crippen molar-refractivity contribution in [2.45, 2.75) is 13.8 Å². The zero-order chi connectivity index (χ0) is 8.15. The van der Waals surface area contributed by atoms with Gasteiger partial charge in [-0.1, -0.05) is 12.7 Å². The molecule has 0 heterocycles. The molecule has 0 aromatic carbocycles. The van der Waals surface area contributed by atoms with Gasteiger partial charge in [0.1, 0.15) is 0 Å². The van der Waals surface area contributed by atoms with Gasteiger partial charge in [0.2, 0.25) is 0 Å². The van der Waals surface area contributed by atoms with E-state index in [1.165, 1.54) is 0 Å². The zero-order valence-electron chi connectivity index (χ0n) is 6.78. The van der Waals surface area contributed by atoms with Crippen molar-refractivity contribution in [2.75, 3.05) is 7.05 Å². The highest BCUT2D eigenvalue weighted by atomic mass is 14.8. The van der Waals surface area contributed by atoms with Gasteiger partial charge in [-0.15, -0.1) is 0 Å². The Kier molecular flexibility index (Phi) is 3.47. The van der Waals surface area contributed by atoms with E-state index in [1.54, 1.807) is 13.0 Å². The van der Waals surface area contributed by atoms with Crippen molar-refractivity contribution in [2.24, 2.45) is 0 Å². The van der Waals surface area contributed by atoms with Gasteiger partial charge < -0.3 is 10.7 Å². The molecule has 0 aromatic rings. The van der Waals surface area contributed by atoms with Gasteiger partial charge in [0.25, 0.3) is 0 Å². The maximum atomic E-state index is 7.32. The first-order chi connectivity index (χ1) is 4.63. The molecule has 10 heavy (non-hydrogen) atoms. The fourth-order valence-corrected chi connectivity index (χ4v) is 0.722. The van der Waals surface area contributed by atoms with Crippen LogP contribution >= 0.6 is 0 Å². The highest BCUT2D eigenvalue weighted by Gasteiger charge is 1.97. The predicted octanol–water partition coefficient (Wildman–Crippen LogP) is 1.71. The molecule has 0 amide bonds. The molecule has 0 fully saturated rings. The van der Waals surface area contributed by atoms with Crippen LogP contribution in [0.15, 0.2) is 23.9 Å². The molecule has 0 saturated carbocycles. The van der Waals surface area contributed by atoms with Gasteiger partial charge in [-0.3, -0.25) is 0 Å². The number of hydrogen-bond acceptors (Lipinski definition) is 2. The van der Waals surface area contributed by atoms with Gasteiger partial charge in [0.15, 0.2) is 0 Å². The van der Waals surface area contributed by atoms with E-state index in [1.807, 2.05) is 14.0 Å². The van der Waals surface area contributed by atoms with E-state index in [0.29, 0.717) is 5.71 Å². The predicted molar refractivity (Wildman–Crippen MR) is 45.4 cm³/mol. The molecule has 0 aromatic heterocycles. The first-order valence-corrected chi connectivity index (χ1v) is 3.20. The van der Waals surface area contributed by atoms with Crippen LogP contribution in [0.5, 0.6) is 0 Å². The highest BCUT2D eigenvalue weighted by molar-refractivity contribution is 5.98. The van der Waals surface area contributed by atoms with Gasteiger partial charge in [-0.2, -0.15) is 0 Å². The normalized spacial score (nSPS) is 11.9. The van der Waals surface area contributed by atoms with E-state index in [9.17, 15) is 0 Å². The fourth-order valence-electron chi connectivity index (χ4n) is 0.722. The minimum atomic E-state index is 0.543. The van der Waals surface area contributed by atoms with Gasteiger partial charge in [-0.05, 0) is 13.8 Å². The summed E-state index contributed by atoms with van der Waals surface area (Å²) in [4.78, 5) is 0. The van der Waals surface area contributed by atoms with Gasteiger partial charge in [0.05, 0.1) is 0 Å². The maximum Gasteiger partial charge on any atom is 0.0372 e. The van der Waals surface area contributed by atoms with E-state index in [4.69, 9.17) is 5.41 Å². The zero-order valence-corrected chi connectivity index (χ0v) is 6.78. The van der Waals surface area contributed by atoms with Crippen LogP contribution in [0.2, 0.25) is 0 Å². The minimum Gasteiger partial charge on any atom is -0.391 e. The Morgan fingerprint density at radius 1 is 1.50 bits per heavy atom. The number of hydrogen-bond donors (Lipinski definition) is 2. The molecule has 56 valence electrons. The molecule has 0 aliphatic carbocycles. The van der Waals surface area contributed by atoms with E-state index < -0.39 is 0 Å². The molecule has 0 rings (SSSR count). The summed E-state index contributed by atoms with van der Waals surface area (Å²) in [5.41, 5.74) is 2.41. The monoisotopic (exact) mass is 138 g/mol. The van der Waals surface area contributed by atoms with Crippen LogP contribution in [-0.2, 0) is 0 Å². The smallest absolute Gasteiger partial charge is 0.0372 e. The topological polar surface area (TPSA) is 35.9 Å². The third kappa shape index (κ3) is 2.05. The average Bonchev–Trinajstić information content (AvgIpc) is 1.88. The van der Waals surface area contributed by atoms with Crippen molar-refractivity contribution in [3.8, 4) is 0 Å². The molecule has 0 aliphatic rings. The lowest BCUT2D eigenvalue weighted by molar-refractivity contribution is 0.981. The van der Waals surface area contributed by atoms with Gasteiger partial charge in [0, 0.05) is 24.0 Å². The van der Waals surface area contributed by atoms with Crippen LogP contribution in [-0.4, -0.2) is 12.8 Å². The summed E-state index contributed by atoms with van der Waals surface area (Å²) in [7, 11) is 1.84. The molecular weight excluding hydrogens is 124 g/mol. The van der Waals surface area contributed by atoms with Crippen molar-refractivity contribution in [1.82, 2.24) is 5.32 Å². The molecule has 2 heteroatoms. The molecule has 2 nitrogen and oxygen atoms in total. The molecule has 0 saturated heterocycles. The standard InChI is InChI=1S/C8H14N2/c1-5-8(6(2)9)7(3)10-4/h5,9-10H,1H2,2-4H3/b8-7-,9-6?. The first-order valence-electron chi connectivity index (χ1n) is 3.20. The lowest BCUT2D eigenvalue weighted by atomic mass is 10.1. The Morgan fingerprint density at radius 2 is 2.00 bits per heavy atom. The van der Waals surface area contributed by atoms with Crippen molar-refractivity contribution in [3.05, 3.63) is 23.9 Å². The summed E-state index contributed by atoms with van der Waals surface area (Å²) in [5, 5.41) is 10.3. The van der Waals surface area contributed by atoms with E-state index >= 15 is 0 Å². The summed E-state index contributed by atoms with van der Waals surface area (Å²) >= 11 is 0. The van der Waals surface area contributed by atoms with Crippen LogP contribution in [0.4, 0.5) is 0 Å². The van der Waals surface area contributed by atoms with Crippen LogP contribution in [0.3, 0.4) is 0 Å². The van der Waals surface area contributed by atoms with Crippen molar-refractivity contribution in [3.63, 3.8) is 0 Å². The van der Waals surface area contributed by atoms with Gasteiger partial charge in [-0.25, -0.2) is 0 Å². The number of allylic oxidation sites excluding steroid dienone is 3. The fraction of sp³-hybridized carbons (Fsp3) is 0.375. The van der Waals surface area contributed by atoms with Crippen LogP contribution in [0, 0.1) is 5.41 Å². The van der Waals surface area contributed by atoms with Crippen LogP contribution in [0.25, 0.3) is 0 Å². The maximum absolute atomic E-state index is 7.32. The number of rotatable bonds is 3. The molecular formula is C8H14N2. The molecule has 0 spiro atoms. The third-order valence-corrected chi connectivity index (χ3v) is 1.39. The SMILES string of the molecule is C=C/C(C(C)=N)=C(\C)NC. The van der Waals surface area contributed by atoms with Crippen molar-refractivity contribution in [1.29, 1.82) is 5.41 Å². The lowest BCUT2D eigenvalue weighted by Gasteiger charge is -2.04. The minimum absolute atomic E-state index is 0.543. The quantitative estimate of drug-likeness (QED) is 0.452. The summed E-state index contributed by atoms with van der Waals surface area (Å²) in [6, 6.07) is 0. The average molecular weight is 138 g/mol. The third-order valence-electron chi connectivity index (χ3n) is 1.39. The second-order valence-electron chi connectivity index (χ2n) is 2.12. The van der Waals surface area contributed by atoms with Gasteiger partial charge >= 0.3 is 0 Å². The number of nitrogens with one attached hydrogen (secondary N) is 2. The van der Waals surface area contributed by atoms with Crippen molar-refractivity contribution >= 4 is 5.71 Å². The summed E-state index contributed by atoms with van der Waals surface area (Å²) in [6.45, 7) is 7.29. The summed E-state index contributed by atoms with van der Waals surface area (Å²) < 4.78 is 0. The molecule has 2 N–H and O–H groups in total. The summed E-state index contributed by atoms with van der Waals surface area (Å²) in [5.74, 6) is 0. The second kappa shape index (κ2) is 3.88. The summed E-state index contributed by atoms with van der Waals surface area (Å²) in [6.07, 6.45) is 1.69. The Morgan fingerprint density at radius 3 is 2.10 bits per heavy atom. The Bertz CT molecular complexity index is 178. The highest BCUT2D eigenvalue weighted by Crippen LogP contribution is 2.02. The molecule has 0 aliphatic heterocycles. The molecule has 0 bridgehead atoms. The lowest BCUT2D eigenvalue weighted by Crippen LogP contribution is -2.08. The Labute approximate surface area is 62.1 Å². The van der Waals surface area contributed by atoms with E-state index in [0.717, 1.165) is 11.3 Å². The Hall–Kier alpha value is -1.05. The van der Waals surface area contributed by atoms with E-state index in [2.05, 4.69) is 11.9 Å². The molecule has 0 atom stereocenters. The largest absolute Gasteiger partial charge is 0.391 e. The Balaban J connectivity index is 4.62. The van der Waals surface area contributed by atoms with Crippen molar-refractivity contribution < 1.29 is 0 Å². The molecule has 0 unspecified atom stereocenters. The first kappa shape index (κ1) is 8.95. The van der Waals surface area contributed by atoms with Crippen LogP contribution in [0.1, 0.15) is 13.8 Å². The second-order valence-corrected chi connectivity index (χ2v) is 2.12. The van der Waals surface area contributed by atoms with Crippen LogP contribution < -0.4 is 5.32 Å².